The van der Waals surface area contributed by atoms with Gasteiger partial charge in [0, 0.05) is 23.6 Å². The van der Waals surface area contributed by atoms with E-state index in [1.807, 2.05) is 48.5 Å². The number of pyridine rings is 1. The monoisotopic (exact) mass is 317 g/mol. The minimum atomic E-state index is 0.00962. The van der Waals surface area contributed by atoms with Crippen LogP contribution in [0.3, 0.4) is 0 Å². The first-order valence-electron chi connectivity index (χ1n) is 7.55. The molecule has 3 aromatic heterocycles. The van der Waals surface area contributed by atoms with Crippen LogP contribution in [-0.4, -0.2) is 24.7 Å². The molecule has 0 amide bonds. The first-order chi connectivity index (χ1) is 11.8. The maximum absolute atomic E-state index is 9.24. The predicted octanol–water partition coefficient (Wildman–Crippen LogP) is 3.03. The van der Waals surface area contributed by atoms with E-state index >= 15 is 0 Å². The van der Waals surface area contributed by atoms with Gasteiger partial charge in [0.2, 0.25) is 0 Å². The number of benzene rings is 1. The number of aliphatic hydroxyl groups is 1. The summed E-state index contributed by atoms with van der Waals surface area (Å²) in [5.74, 6) is 0.700. The number of fused-ring (bicyclic) bond motifs is 1. The van der Waals surface area contributed by atoms with Gasteiger partial charge in [-0.1, -0.05) is 12.1 Å². The van der Waals surface area contributed by atoms with Crippen LogP contribution in [0.1, 0.15) is 5.56 Å². The summed E-state index contributed by atoms with van der Waals surface area (Å²) >= 11 is 0. The summed E-state index contributed by atoms with van der Waals surface area (Å²) in [7, 11) is 0. The lowest BCUT2D eigenvalue weighted by Gasteiger charge is -2.08. The third-order valence-corrected chi connectivity index (χ3v) is 3.72. The van der Waals surface area contributed by atoms with Crippen LogP contribution < -0.4 is 5.32 Å². The molecule has 0 spiro atoms. The molecule has 6 heteroatoms. The molecule has 0 fully saturated rings. The van der Waals surface area contributed by atoms with Crippen molar-refractivity contribution in [2.24, 2.45) is 0 Å². The van der Waals surface area contributed by atoms with Gasteiger partial charge in [0.1, 0.15) is 0 Å². The zero-order valence-electron chi connectivity index (χ0n) is 12.8. The van der Waals surface area contributed by atoms with E-state index < -0.39 is 0 Å². The van der Waals surface area contributed by atoms with E-state index in [2.05, 4.69) is 20.4 Å². The largest absolute Gasteiger partial charge is 0.392 e. The van der Waals surface area contributed by atoms with Crippen molar-refractivity contribution < 1.29 is 5.11 Å². The summed E-state index contributed by atoms with van der Waals surface area (Å²) in [6, 6.07) is 15.2. The number of nitrogens with zero attached hydrogens (tertiary/aromatic N) is 4. The van der Waals surface area contributed by atoms with Crippen molar-refractivity contribution in [3.05, 3.63) is 72.7 Å². The maximum Gasteiger partial charge on any atom is 0.154 e. The van der Waals surface area contributed by atoms with Crippen molar-refractivity contribution in [2.45, 2.75) is 6.61 Å². The van der Waals surface area contributed by atoms with Gasteiger partial charge in [0.05, 0.1) is 18.5 Å². The average Bonchev–Trinajstić information content (AvgIpc) is 3.06. The molecule has 2 N–H and O–H groups in total. The molecule has 0 radical (unpaired) electrons. The van der Waals surface area contributed by atoms with Gasteiger partial charge in [-0.05, 0) is 42.0 Å². The fourth-order valence-corrected chi connectivity index (χ4v) is 2.55. The zero-order valence-corrected chi connectivity index (χ0v) is 12.8. The standard InChI is InChI=1S/C18H15N5O/c24-12-13-2-1-3-15(10-13)21-17-4-5-18-20-11-16(23(18)22-17)14-6-8-19-9-7-14/h1-11,24H,12H2,(H,21,22). The number of aliphatic hydroxyl groups excluding tert-OH is 1. The van der Waals surface area contributed by atoms with Crippen LogP contribution in [-0.2, 0) is 6.61 Å². The summed E-state index contributed by atoms with van der Waals surface area (Å²) in [5, 5.41) is 17.1. The molecule has 118 valence electrons. The quantitative estimate of drug-likeness (QED) is 0.605. The Morgan fingerprint density at radius 1 is 1.04 bits per heavy atom. The number of imidazole rings is 1. The van der Waals surface area contributed by atoms with E-state index in [0.29, 0.717) is 5.82 Å². The first-order valence-corrected chi connectivity index (χ1v) is 7.55. The van der Waals surface area contributed by atoms with Gasteiger partial charge in [0.15, 0.2) is 11.5 Å². The van der Waals surface area contributed by atoms with Crippen molar-refractivity contribution in [2.75, 3.05) is 5.32 Å². The summed E-state index contributed by atoms with van der Waals surface area (Å²) in [5.41, 5.74) is 4.40. The molecule has 24 heavy (non-hydrogen) atoms. The maximum atomic E-state index is 9.24. The van der Waals surface area contributed by atoms with Crippen molar-refractivity contribution >= 4 is 17.2 Å². The van der Waals surface area contributed by atoms with E-state index in [1.165, 1.54) is 0 Å². The summed E-state index contributed by atoms with van der Waals surface area (Å²) < 4.78 is 1.80. The first kappa shape index (κ1) is 14.3. The molecule has 0 aliphatic carbocycles. The Morgan fingerprint density at radius 2 is 1.92 bits per heavy atom. The normalized spacial score (nSPS) is 10.9. The molecule has 0 saturated carbocycles. The summed E-state index contributed by atoms with van der Waals surface area (Å²) in [6.45, 7) is 0.00962. The van der Waals surface area contributed by atoms with Gasteiger partial charge in [-0.2, -0.15) is 0 Å². The Kier molecular flexibility index (Phi) is 3.64. The van der Waals surface area contributed by atoms with Crippen molar-refractivity contribution in [1.29, 1.82) is 0 Å². The van der Waals surface area contributed by atoms with Crippen LogP contribution in [0.5, 0.6) is 0 Å². The topological polar surface area (TPSA) is 75.3 Å². The smallest absolute Gasteiger partial charge is 0.154 e. The second-order valence-electron chi connectivity index (χ2n) is 5.35. The molecule has 0 bridgehead atoms. The Balaban J connectivity index is 1.72. The molecule has 0 aliphatic rings. The fraction of sp³-hybridized carbons (Fsp3) is 0.0556. The minimum absolute atomic E-state index is 0.00962. The minimum Gasteiger partial charge on any atom is -0.392 e. The Labute approximate surface area is 138 Å². The van der Waals surface area contributed by atoms with E-state index in [4.69, 9.17) is 0 Å². The highest BCUT2D eigenvalue weighted by atomic mass is 16.3. The zero-order chi connectivity index (χ0) is 16.4. The molecular formula is C18H15N5O. The Bertz CT molecular complexity index is 981. The number of hydrogen-bond donors (Lipinski definition) is 2. The van der Waals surface area contributed by atoms with Crippen LogP contribution in [0.4, 0.5) is 11.5 Å². The van der Waals surface area contributed by atoms with Crippen LogP contribution in [0.25, 0.3) is 16.9 Å². The molecule has 1 aromatic carbocycles. The van der Waals surface area contributed by atoms with Crippen LogP contribution in [0.2, 0.25) is 0 Å². The number of rotatable bonds is 4. The van der Waals surface area contributed by atoms with Gasteiger partial charge in [-0.15, -0.1) is 5.10 Å². The number of anilines is 2. The lowest BCUT2D eigenvalue weighted by atomic mass is 10.2. The predicted molar refractivity (Wildman–Crippen MR) is 91.9 cm³/mol. The third kappa shape index (κ3) is 2.70. The molecular weight excluding hydrogens is 302 g/mol. The lowest BCUT2D eigenvalue weighted by Crippen LogP contribution is -2.00. The van der Waals surface area contributed by atoms with Crippen LogP contribution >= 0.6 is 0 Å². The third-order valence-electron chi connectivity index (χ3n) is 3.72. The average molecular weight is 317 g/mol. The second-order valence-corrected chi connectivity index (χ2v) is 5.35. The van der Waals surface area contributed by atoms with Crippen LogP contribution in [0, 0.1) is 0 Å². The Morgan fingerprint density at radius 3 is 2.75 bits per heavy atom. The van der Waals surface area contributed by atoms with E-state index in [0.717, 1.165) is 28.2 Å². The number of aromatic nitrogens is 4. The summed E-state index contributed by atoms with van der Waals surface area (Å²) in [6.07, 6.45) is 5.29. The Hall–Kier alpha value is -3.25. The van der Waals surface area contributed by atoms with E-state index in [9.17, 15) is 5.11 Å². The van der Waals surface area contributed by atoms with Gasteiger partial charge in [-0.25, -0.2) is 9.50 Å². The second kappa shape index (κ2) is 6.10. The highest BCUT2D eigenvalue weighted by Gasteiger charge is 2.08. The molecule has 4 aromatic rings. The van der Waals surface area contributed by atoms with Gasteiger partial charge in [-0.3, -0.25) is 4.98 Å². The molecule has 0 atom stereocenters. The highest BCUT2D eigenvalue weighted by molar-refractivity contribution is 5.64. The van der Waals surface area contributed by atoms with E-state index in [1.54, 1.807) is 23.1 Å². The molecule has 0 aliphatic heterocycles. The SMILES string of the molecule is OCc1cccc(Nc2ccc3ncc(-c4ccncc4)n3n2)c1. The van der Waals surface area contributed by atoms with Crippen molar-refractivity contribution in [3.8, 4) is 11.3 Å². The molecule has 4 rings (SSSR count). The van der Waals surface area contributed by atoms with Crippen LogP contribution in [0.15, 0.2) is 67.1 Å². The molecule has 3 heterocycles. The molecule has 6 nitrogen and oxygen atoms in total. The summed E-state index contributed by atoms with van der Waals surface area (Å²) in [4.78, 5) is 8.43. The van der Waals surface area contributed by atoms with Gasteiger partial charge < -0.3 is 10.4 Å². The highest BCUT2D eigenvalue weighted by Crippen LogP contribution is 2.21. The fourth-order valence-electron chi connectivity index (χ4n) is 2.55. The molecule has 0 saturated heterocycles. The van der Waals surface area contributed by atoms with Gasteiger partial charge in [0.25, 0.3) is 0 Å². The van der Waals surface area contributed by atoms with Crippen molar-refractivity contribution in [1.82, 2.24) is 19.6 Å². The number of nitrogens with one attached hydrogen (secondary N) is 1. The van der Waals surface area contributed by atoms with E-state index in [-0.39, 0.29) is 6.61 Å². The van der Waals surface area contributed by atoms with Crippen molar-refractivity contribution in [3.63, 3.8) is 0 Å². The lowest BCUT2D eigenvalue weighted by molar-refractivity contribution is 0.282. The van der Waals surface area contributed by atoms with Gasteiger partial charge >= 0.3 is 0 Å². The number of hydrogen-bond acceptors (Lipinski definition) is 5. The molecule has 0 unspecified atom stereocenters.